The van der Waals surface area contributed by atoms with Gasteiger partial charge in [-0.05, 0) is 25.1 Å². The number of amides is 1. The number of hydrogen-bond acceptors (Lipinski definition) is 6. The molecule has 0 aliphatic heterocycles. The van der Waals surface area contributed by atoms with E-state index in [1.54, 1.807) is 25.1 Å². The normalized spacial score (nSPS) is 10.3. The molecule has 7 nitrogen and oxygen atoms in total. The van der Waals surface area contributed by atoms with Crippen molar-refractivity contribution in [1.29, 1.82) is 0 Å². The number of benzene rings is 1. The van der Waals surface area contributed by atoms with Gasteiger partial charge in [0.2, 0.25) is 5.89 Å². The largest absolute Gasteiger partial charge is 0.398 e. The van der Waals surface area contributed by atoms with E-state index in [-0.39, 0.29) is 5.56 Å². The highest BCUT2D eigenvalue weighted by Crippen LogP contribution is 2.17. The summed E-state index contributed by atoms with van der Waals surface area (Å²) in [6.45, 7) is 2.10. The number of anilines is 2. The number of aromatic nitrogens is 2. The van der Waals surface area contributed by atoms with Crippen molar-refractivity contribution in [2.75, 3.05) is 11.1 Å². The topological polar surface area (TPSA) is 120 Å². The minimum atomic E-state index is -0.565. The van der Waals surface area contributed by atoms with Crippen molar-refractivity contribution in [3.63, 3.8) is 0 Å². The predicted octanol–water partition coefficient (Wildman–Crippen LogP) is 0.671. The monoisotopic (exact) mass is 247 g/mol. The van der Waals surface area contributed by atoms with Gasteiger partial charge >= 0.3 is 0 Å². The van der Waals surface area contributed by atoms with E-state index in [1.165, 1.54) is 0 Å². The van der Waals surface area contributed by atoms with Crippen LogP contribution in [0.1, 0.15) is 22.1 Å². The first kappa shape index (κ1) is 11.9. The van der Waals surface area contributed by atoms with Crippen molar-refractivity contribution < 1.29 is 9.32 Å². The van der Waals surface area contributed by atoms with Gasteiger partial charge in [0.05, 0.1) is 12.1 Å². The fourth-order valence-corrected chi connectivity index (χ4v) is 1.47. The number of nitrogens with two attached hydrogens (primary N) is 2. The summed E-state index contributed by atoms with van der Waals surface area (Å²) < 4.78 is 4.95. The van der Waals surface area contributed by atoms with E-state index in [4.69, 9.17) is 16.0 Å². The van der Waals surface area contributed by atoms with Crippen molar-refractivity contribution in [3.05, 3.63) is 35.5 Å². The van der Waals surface area contributed by atoms with Crippen LogP contribution >= 0.6 is 0 Å². The molecule has 0 spiro atoms. The van der Waals surface area contributed by atoms with E-state index < -0.39 is 5.91 Å². The summed E-state index contributed by atoms with van der Waals surface area (Å²) >= 11 is 0. The van der Waals surface area contributed by atoms with E-state index in [0.717, 1.165) is 0 Å². The van der Waals surface area contributed by atoms with Crippen molar-refractivity contribution >= 4 is 17.3 Å². The van der Waals surface area contributed by atoms with Crippen LogP contribution in [0.4, 0.5) is 11.4 Å². The minimum absolute atomic E-state index is 0.279. The summed E-state index contributed by atoms with van der Waals surface area (Å²) in [7, 11) is 0. The second kappa shape index (κ2) is 4.74. The maximum atomic E-state index is 11.1. The second-order valence-corrected chi connectivity index (χ2v) is 3.76. The van der Waals surface area contributed by atoms with Gasteiger partial charge in [0.25, 0.3) is 5.91 Å². The lowest BCUT2D eigenvalue weighted by Gasteiger charge is -2.07. The number of nitrogen functional groups attached to an aromatic ring is 1. The Hall–Kier alpha value is -2.57. The third-order valence-electron chi connectivity index (χ3n) is 2.33. The molecule has 1 aromatic carbocycles. The molecule has 1 heterocycles. The van der Waals surface area contributed by atoms with Gasteiger partial charge in [0.1, 0.15) is 0 Å². The molecule has 5 N–H and O–H groups in total. The summed E-state index contributed by atoms with van der Waals surface area (Å²) in [5, 5.41) is 6.71. The summed E-state index contributed by atoms with van der Waals surface area (Å²) in [6.07, 6.45) is 0. The van der Waals surface area contributed by atoms with Gasteiger partial charge in [0, 0.05) is 11.4 Å². The quantitative estimate of drug-likeness (QED) is 0.683. The van der Waals surface area contributed by atoms with Gasteiger partial charge in [0.15, 0.2) is 5.82 Å². The van der Waals surface area contributed by atoms with E-state index in [0.29, 0.717) is 29.6 Å². The Morgan fingerprint density at radius 2 is 2.28 bits per heavy atom. The fraction of sp³-hybridized carbons (Fsp3) is 0.182. The minimum Gasteiger partial charge on any atom is -0.398 e. The number of nitrogens with one attached hydrogen (secondary N) is 1. The SMILES string of the molecule is Cc1noc(CNc2ccc(N)c(C(N)=O)c2)n1. The van der Waals surface area contributed by atoms with Crippen LogP contribution in [0.15, 0.2) is 22.7 Å². The molecule has 2 aromatic rings. The van der Waals surface area contributed by atoms with E-state index in [9.17, 15) is 4.79 Å². The van der Waals surface area contributed by atoms with Crippen LogP contribution in [0.3, 0.4) is 0 Å². The van der Waals surface area contributed by atoms with Gasteiger partial charge in [-0.1, -0.05) is 5.16 Å². The summed E-state index contributed by atoms with van der Waals surface area (Å²) in [4.78, 5) is 15.2. The number of nitrogens with zero attached hydrogens (tertiary/aromatic N) is 2. The Morgan fingerprint density at radius 1 is 1.50 bits per heavy atom. The molecule has 7 heteroatoms. The number of primary amides is 1. The Bertz CT molecular complexity index is 579. The van der Waals surface area contributed by atoms with Crippen molar-refractivity contribution in [3.8, 4) is 0 Å². The van der Waals surface area contributed by atoms with Crippen LogP contribution in [0.2, 0.25) is 0 Å². The molecule has 0 aliphatic carbocycles. The highest BCUT2D eigenvalue weighted by molar-refractivity contribution is 5.98. The molecule has 0 saturated heterocycles. The molecule has 1 amide bonds. The van der Waals surface area contributed by atoms with Crippen LogP contribution in [-0.4, -0.2) is 16.0 Å². The van der Waals surface area contributed by atoms with Crippen molar-refractivity contribution in [1.82, 2.24) is 10.1 Å². The lowest BCUT2D eigenvalue weighted by Crippen LogP contribution is -2.14. The Kier molecular flexibility index (Phi) is 3.13. The smallest absolute Gasteiger partial charge is 0.250 e. The lowest BCUT2D eigenvalue weighted by molar-refractivity contribution is 0.100. The van der Waals surface area contributed by atoms with Gasteiger partial charge in [-0.25, -0.2) is 0 Å². The van der Waals surface area contributed by atoms with E-state index in [2.05, 4.69) is 15.5 Å². The zero-order valence-corrected chi connectivity index (χ0v) is 9.80. The predicted molar refractivity (Wildman–Crippen MR) is 65.7 cm³/mol. The molecule has 0 unspecified atom stereocenters. The maximum absolute atomic E-state index is 11.1. The lowest BCUT2D eigenvalue weighted by atomic mass is 10.1. The van der Waals surface area contributed by atoms with E-state index in [1.807, 2.05) is 0 Å². The van der Waals surface area contributed by atoms with Crippen LogP contribution in [0, 0.1) is 6.92 Å². The number of rotatable bonds is 4. The average molecular weight is 247 g/mol. The number of hydrogen-bond donors (Lipinski definition) is 3. The molecule has 0 radical (unpaired) electrons. The van der Waals surface area contributed by atoms with Crippen molar-refractivity contribution in [2.45, 2.75) is 13.5 Å². The zero-order chi connectivity index (χ0) is 13.1. The van der Waals surface area contributed by atoms with Gasteiger partial charge in [-0.15, -0.1) is 0 Å². The van der Waals surface area contributed by atoms with Gasteiger partial charge in [-0.3, -0.25) is 4.79 Å². The standard InChI is InChI=1S/C11H13N5O2/c1-6-15-10(18-16-6)5-14-7-2-3-9(12)8(4-7)11(13)17/h2-4,14H,5,12H2,1H3,(H2,13,17). The Balaban J connectivity index is 2.10. The summed E-state index contributed by atoms with van der Waals surface area (Å²) in [5.41, 5.74) is 12.2. The van der Waals surface area contributed by atoms with Gasteiger partial charge in [-0.2, -0.15) is 4.98 Å². The molecule has 94 valence electrons. The first-order valence-electron chi connectivity index (χ1n) is 5.28. The van der Waals surface area contributed by atoms with Crippen molar-refractivity contribution in [2.24, 2.45) is 5.73 Å². The first-order valence-corrected chi connectivity index (χ1v) is 5.28. The number of aryl methyl sites for hydroxylation is 1. The molecule has 0 saturated carbocycles. The molecule has 0 bridgehead atoms. The van der Waals surface area contributed by atoms with Crippen LogP contribution < -0.4 is 16.8 Å². The first-order chi connectivity index (χ1) is 8.56. The molecule has 0 fully saturated rings. The number of carbonyl (C=O) groups excluding carboxylic acids is 1. The highest BCUT2D eigenvalue weighted by atomic mass is 16.5. The molecular formula is C11H13N5O2. The molecule has 1 aromatic heterocycles. The van der Waals surface area contributed by atoms with E-state index >= 15 is 0 Å². The Morgan fingerprint density at radius 3 is 2.89 bits per heavy atom. The molecule has 0 atom stereocenters. The Labute approximate surface area is 103 Å². The molecular weight excluding hydrogens is 234 g/mol. The molecule has 18 heavy (non-hydrogen) atoms. The van der Waals surface area contributed by atoms with Crippen LogP contribution in [0.25, 0.3) is 0 Å². The van der Waals surface area contributed by atoms with Crippen LogP contribution in [0.5, 0.6) is 0 Å². The highest BCUT2D eigenvalue weighted by Gasteiger charge is 2.07. The molecule has 0 aliphatic rings. The third kappa shape index (κ3) is 2.57. The second-order valence-electron chi connectivity index (χ2n) is 3.76. The third-order valence-corrected chi connectivity index (χ3v) is 2.33. The van der Waals surface area contributed by atoms with Gasteiger partial charge < -0.3 is 21.3 Å². The molecule has 2 rings (SSSR count). The number of carbonyl (C=O) groups is 1. The maximum Gasteiger partial charge on any atom is 0.250 e. The summed E-state index contributed by atoms with van der Waals surface area (Å²) in [5.74, 6) is 0.469. The average Bonchev–Trinajstić information content (AvgIpc) is 2.74. The summed E-state index contributed by atoms with van der Waals surface area (Å²) in [6, 6.07) is 4.94. The zero-order valence-electron chi connectivity index (χ0n) is 9.80. The van der Waals surface area contributed by atoms with Crippen LogP contribution in [-0.2, 0) is 6.54 Å². The fourth-order valence-electron chi connectivity index (χ4n) is 1.47.